The maximum absolute atomic E-state index is 15.3. The first-order chi connectivity index (χ1) is 21.0. The van der Waals surface area contributed by atoms with Gasteiger partial charge in [0.15, 0.2) is 5.65 Å². The van der Waals surface area contributed by atoms with Gasteiger partial charge in [0, 0.05) is 37.4 Å². The second-order valence-electron chi connectivity index (χ2n) is 10.9. The minimum atomic E-state index is -1.05. The highest BCUT2D eigenvalue weighted by molar-refractivity contribution is 5.94. The number of benzene rings is 1. The molecular formula is C31H30FN7O5. The average Bonchev–Trinajstić information content (AvgIpc) is 3.00. The van der Waals surface area contributed by atoms with Crippen LogP contribution in [0, 0.1) is 24.1 Å². The number of carboxylic acid groups (broad SMARTS) is 1. The summed E-state index contributed by atoms with van der Waals surface area (Å²) in [5.41, 5.74) is 1.05. The third kappa shape index (κ3) is 5.19. The molecule has 1 fully saturated rings. The highest BCUT2D eigenvalue weighted by atomic mass is 19.1. The number of carbonyl (C=O) groups excluding carboxylic acids is 1. The monoisotopic (exact) mass is 599 g/mol. The summed E-state index contributed by atoms with van der Waals surface area (Å²) in [4.78, 5) is 54.8. The van der Waals surface area contributed by atoms with E-state index in [9.17, 15) is 24.8 Å². The highest BCUT2D eigenvalue weighted by Gasteiger charge is 2.31. The van der Waals surface area contributed by atoms with Gasteiger partial charge < -0.3 is 19.6 Å². The fourth-order valence-electron chi connectivity index (χ4n) is 5.52. The van der Waals surface area contributed by atoms with Crippen molar-refractivity contribution in [2.75, 3.05) is 31.6 Å². The summed E-state index contributed by atoms with van der Waals surface area (Å²) in [5.74, 6) is -1.30. The van der Waals surface area contributed by atoms with Crippen molar-refractivity contribution in [3.63, 3.8) is 0 Å². The Morgan fingerprint density at radius 3 is 2.57 bits per heavy atom. The van der Waals surface area contributed by atoms with E-state index in [-0.39, 0.29) is 65.4 Å². The number of ether oxygens (including phenoxy) is 1. The minimum Gasteiger partial charge on any atom is -0.465 e. The number of rotatable bonds is 5. The lowest BCUT2D eigenvalue weighted by atomic mass is 10.0. The van der Waals surface area contributed by atoms with Crippen LogP contribution in [0.25, 0.3) is 28.0 Å². The molecule has 1 amide bonds. The number of piperazine rings is 1. The number of esters is 1. The Hall–Kier alpha value is -5.38. The number of aromatic nitrogens is 4. The van der Waals surface area contributed by atoms with E-state index in [1.165, 1.54) is 34.8 Å². The third-order valence-electron chi connectivity index (χ3n) is 7.71. The van der Waals surface area contributed by atoms with Crippen molar-refractivity contribution in [1.82, 2.24) is 24.4 Å². The number of amides is 1. The molecule has 0 spiro atoms. The van der Waals surface area contributed by atoms with Gasteiger partial charge in [-0.2, -0.15) is 10.2 Å². The lowest BCUT2D eigenvalue weighted by Gasteiger charge is -2.39. The minimum absolute atomic E-state index is 0.0181. The van der Waals surface area contributed by atoms with Crippen LogP contribution in [-0.4, -0.2) is 74.4 Å². The van der Waals surface area contributed by atoms with Crippen molar-refractivity contribution in [1.29, 1.82) is 5.26 Å². The number of methoxy groups -OCH3 is 1. The third-order valence-corrected chi connectivity index (χ3v) is 7.71. The molecule has 1 saturated heterocycles. The zero-order valence-corrected chi connectivity index (χ0v) is 24.8. The van der Waals surface area contributed by atoms with E-state index in [4.69, 9.17) is 9.72 Å². The number of nitrogens with zero attached hydrogens (tertiary/aromatic N) is 7. The molecule has 226 valence electrons. The van der Waals surface area contributed by atoms with Crippen LogP contribution in [-0.2, 0) is 4.74 Å². The molecule has 1 aromatic carbocycles. The summed E-state index contributed by atoms with van der Waals surface area (Å²) < 4.78 is 21.5. The first-order valence-corrected chi connectivity index (χ1v) is 13.9. The van der Waals surface area contributed by atoms with E-state index in [0.29, 0.717) is 16.8 Å². The van der Waals surface area contributed by atoms with Crippen molar-refractivity contribution in [3.05, 3.63) is 75.2 Å². The van der Waals surface area contributed by atoms with Gasteiger partial charge in [0.2, 0.25) is 0 Å². The molecule has 5 rings (SSSR count). The Bertz CT molecular complexity index is 1920. The fourth-order valence-corrected chi connectivity index (χ4v) is 5.52. The molecule has 44 heavy (non-hydrogen) atoms. The van der Waals surface area contributed by atoms with Crippen molar-refractivity contribution in [3.8, 4) is 23.0 Å². The molecule has 12 nitrogen and oxygen atoms in total. The van der Waals surface area contributed by atoms with E-state index in [1.807, 2.05) is 32.6 Å². The predicted octanol–water partition coefficient (Wildman–Crippen LogP) is 4.26. The van der Waals surface area contributed by atoms with E-state index < -0.39 is 23.6 Å². The number of anilines is 1. The molecule has 1 N–H and O–H groups in total. The second kappa shape index (κ2) is 11.7. The summed E-state index contributed by atoms with van der Waals surface area (Å²) in [6, 6.07) is 8.57. The molecule has 13 heteroatoms. The van der Waals surface area contributed by atoms with Crippen LogP contribution in [0.2, 0.25) is 0 Å². The number of nitriles is 1. The normalized spacial score (nSPS) is 15.0. The van der Waals surface area contributed by atoms with Crippen LogP contribution in [0.15, 0.2) is 41.3 Å². The number of aryl methyl sites for hydroxylation is 1. The molecule has 1 aliphatic heterocycles. The molecule has 0 bridgehead atoms. The Kier molecular flexibility index (Phi) is 8.01. The molecule has 0 radical (unpaired) electrons. The van der Waals surface area contributed by atoms with Crippen LogP contribution in [0.4, 0.5) is 15.0 Å². The van der Waals surface area contributed by atoms with Crippen LogP contribution in [0.3, 0.4) is 0 Å². The van der Waals surface area contributed by atoms with E-state index in [2.05, 4.69) is 16.0 Å². The smallest absolute Gasteiger partial charge is 0.407 e. The zero-order chi connectivity index (χ0) is 31.9. The largest absolute Gasteiger partial charge is 0.465 e. The van der Waals surface area contributed by atoms with Crippen LogP contribution in [0.1, 0.15) is 53.9 Å². The molecule has 0 saturated carbocycles. The molecular weight excluding hydrogens is 569 g/mol. The van der Waals surface area contributed by atoms with Gasteiger partial charge in [0.1, 0.15) is 17.7 Å². The molecule has 4 aromatic rings. The number of pyridine rings is 2. The van der Waals surface area contributed by atoms with E-state index in [0.717, 1.165) is 11.6 Å². The number of halogens is 1. The first kappa shape index (κ1) is 30.1. The molecule has 4 heterocycles. The molecule has 1 atom stereocenters. The SMILES string of the molecule is COC(=O)c1ccc(F)c(-c2nc3c(cc2C#N)c(N2CCN(C(=O)O)CC2C)nc(=O)n3-c2c(C)ccnc2C(C)C)c1. The highest BCUT2D eigenvalue weighted by Crippen LogP contribution is 2.34. The predicted molar refractivity (Wildman–Crippen MR) is 160 cm³/mol. The number of hydrogen-bond donors (Lipinski definition) is 1. The maximum atomic E-state index is 15.3. The second-order valence-corrected chi connectivity index (χ2v) is 10.9. The first-order valence-electron chi connectivity index (χ1n) is 13.9. The quantitative estimate of drug-likeness (QED) is 0.329. The van der Waals surface area contributed by atoms with Gasteiger partial charge in [-0.3, -0.25) is 4.98 Å². The fraction of sp³-hybridized carbons (Fsp3) is 0.323. The average molecular weight is 600 g/mol. The van der Waals surface area contributed by atoms with Gasteiger partial charge in [-0.15, -0.1) is 0 Å². The molecule has 3 aromatic heterocycles. The lowest BCUT2D eigenvalue weighted by molar-refractivity contribution is 0.0600. The van der Waals surface area contributed by atoms with Gasteiger partial charge in [-0.25, -0.2) is 28.3 Å². The number of hydrogen-bond acceptors (Lipinski definition) is 9. The van der Waals surface area contributed by atoms with Gasteiger partial charge in [0.05, 0.1) is 40.7 Å². The van der Waals surface area contributed by atoms with Gasteiger partial charge in [-0.05, 0) is 55.7 Å². The Balaban J connectivity index is 1.88. The van der Waals surface area contributed by atoms with Gasteiger partial charge in [-0.1, -0.05) is 13.8 Å². The maximum Gasteiger partial charge on any atom is 0.407 e. The van der Waals surface area contributed by atoms with Gasteiger partial charge in [0.25, 0.3) is 0 Å². The Morgan fingerprint density at radius 1 is 1.18 bits per heavy atom. The Labute approximate surface area is 252 Å². The van der Waals surface area contributed by atoms with Crippen molar-refractivity contribution < 1.29 is 23.8 Å². The summed E-state index contributed by atoms with van der Waals surface area (Å²) in [7, 11) is 1.20. The van der Waals surface area contributed by atoms with Gasteiger partial charge >= 0.3 is 17.8 Å². The molecule has 0 aliphatic carbocycles. The molecule has 1 aliphatic rings. The number of carbonyl (C=O) groups is 2. The summed E-state index contributed by atoms with van der Waals surface area (Å²) in [6.45, 7) is 8.09. The lowest BCUT2D eigenvalue weighted by Crippen LogP contribution is -2.54. The van der Waals surface area contributed by atoms with Crippen molar-refractivity contribution in [2.45, 2.75) is 39.7 Å². The number of fused-ring (bicyclic) bond motifs is 1. The van der Waals surface area contributed by atoms with Crippen molar-refractivity contribution in [2.24, 2.45) is 0 Å². The van der Waals surface area contributed by atoms with Crippen molar-refractivity contribution >= 4 is 28.9 Å². The summed E-state index contributed by atoms with van der Waals surface area (Å²) >= 11 is 0. The Morgan fingerprint density at radius 2 is 1.93 bits per heavy atom. The van der Waals surface area contributed by atoms with Crippen LogP contribution < -0.4 is 10.6 Å². The van der Waals surface area contributed by atoms with E-state index >= 15 is 4.39 Å². The summed E-state index contributed by atoms with van der Waals surface area (Å²) in [6.07, 6.45) is 0.597. The summed E-state index contributed by atoms with van der Waals surface area (Å²) in [5, 5.41) is 20.1. The zero-order valence-electron chi connectivity index (χ0n) is 24.8. The van der Waals surface area contributed by atoms with Crippen LogP contribution >= 0.6 is 0 Å². The topological polar surface area (TPSA) is 155 Å². The molecule has 1 unspecified atom stereocenters. The standard InChI is InChI=1S/C31H30FN7O5/c1-16(2)24-26(17(3)8-9-34-24)39-28-22(27(36-30(39)41)38-11-10-37(31(42)43)15-18(38)4)13-20(14-33)25(35-28)21-12-19(29(40)44-5)6-7-23(21)32/h6-9,12-13,16,18H,10-11,15H2,1-5H3,(H,42,43). The van der Waals surface area contributed by atoms with E-state index in [1.54, 1.807) is 12.3 Å². The van der Waals surface area contributed by atoms with Crippen LogP contribution in [0.5, 0.6) is 0 Å².